The Hall–Kier alpha value is -2.65. The molecule has 1 fully saturated rings. The molecule has 0 saturated carbocycles. The molecule has 2 aromatic heterocycles. The van der Waals surface area contributed by atoms with Gasteiger partial charge in [0.05, 0.1) is 12.6 Å². The fourth-order valence-corrected chi connectivity index (χ4v) is 6.13. The summed E-state index contributed by atoms with van der Waals surface area (Å²) in [6.07, 6.45) is 7.23. The topological polar surface area (TPSA) is 80.5 Å². The van der Waals surface area contributed by atoms with Crippen molar-refractivity contribution in [3.05, 3.63) is 48.4 Å². The van der Waals surface area contributed by atoms with E-state index in [0.29, 0.717) is 30.1 Å². The van der Waals surface area contributed by atoms with Crippen molar-refractivity contribution in [2.45, 2.75) is 43.4 Å². The number of aryl methyl sites for hydroxylation is 1. The minimum absolute atomic E-state index is 0.158. The Kier molecular flexibility index (Phi) is 9.20. The highest BCUT2D eigenvalue weighted by atomic mass is 32.2. The second-order valence-electron chi connectivity index (χ2n) is 9.54. The second kappa shape index (κ2) is 12.5. The zero-order valence-electron chi connectivity index (χ0n) is 21.0. The molecule has 0 bridgehead atoms. The number of thioether (sulfide) groups is 1. The molecular weight excluding hydrogens is 479 g/mol. The molecule has 1 aliphatic rings. The van der Waals surface area contributed by atoms with E-state index in [-0.39, 0.29) is 12.3 Å². The number of nitrogens with zero attached hydrogens (tertiary/aromatic N) is 4. The van der Waals surface area contributed by atoms with Crippen LogP contribution in [0.4, 0.5) is 4.39 Å². The summed E-state index contributed by atoms with van der Waals surface area (Å²) in [7, 11) is 3.59. The van der Waals surface area contributed by atoms with Crippen molar-refractivity contribution in [2.75, 3.05) is 32.5 Å². The predicted molar refractivity (Wildman–Crippen MR) is 140 cm³/mol. The maximum absolute atomic E-state index is 15.5. The number of methoxy groups -OCH3 is 1. The number of pyridine rings is 1. The first-order chi connectivity index (χ1) is 17.4. The number of carboxylic acid groups (broad SMARTS) is 1. The Morgan fingerprint density at radius 2 is 2.11 bits per heavy atom. The van der Waals surface area contributed by atoms with Gasteiger partial charge >= 0.3 is 5.97 Å². The summed E-state index contributed by atoms with van der Waals surface area (Å²) in [5.74, 6) is 1.44. The molecule has 1 aromatic carbocycles. The highest BCUT2D eigenvalue weighted by molar-refractivity contribution is 7.99. The molecule has 1 saturated heterocycles. The molecule has 1 aliphatic heterocycles. The third-order valence-corrected chi connectivity index (χ3v) is 8.27. The Bertz CT molecular complexity index is 1160. The summed E-state index contributed by atoms with van der Waals surface area (Å²) < 4.78 is 22.9. The highest BCUT2D eigenvalue weighted by Crippen LogP contribution is 2.36. The number of aromatic nitrogens is 3. The number of likely N-dealkylation sites (tertiary alicyclic amines) is 1. The maximum atomic E-state index is 15.5. The van der Waals surface area contributed by atoms with Gasteiger partial charge in [-0.05, 0) is 73.9 Å². The first-order valence-corrected chi connectivity index (χ1v) is 13.5. The summed E-state index contributed by atoms with van der Waals surface area (Å²) in [4.78, 5) is 22.4. The largest absolute Gasteiger partial charge is 0.497 e. The fourth-order valence-electron chi connectivity index (χ4n) is 5.19. The highest BCUT2D eigenvalue weighted by Gasteiger charge is 2.30. The number of hydrogen-bond acceptors (Lipinski definition) is 6. The Morgan fingerprint density at radius 3 is 2.86 bits per heavy atom. The van der Waals surface area contributed by atoms with Crippen LogP contribution < -0.4 is 4.74 Å². The standard InChI is InChI=1S/C27H35FN4O3S/c1-31-14-12-30-27(31)36-16-15-32-13-10-19(20(18-32)4-8-26(33)34)3-6-24(28)22-9-11-29-25-7-5-21(35-2)17-23(22)25/h5,7,9,11-12,14,17,19-20,24H,3-4,6,8,10,13,15-16,18H2,1-2H3,(H,33,34)/t19-,20+,24?/m1/s1. The number of fused-ring (bicyclic) bond motifs is 1. The smallest absolute Gasteiger partial charge is 0.303 e. The Morgan fingerprint density at radius 1 is 1.25 bits per heavy atom. The number of halogens is 1. The van der Waals surface area contributed by atoms with Crippen LogP contribution in [0.25, 0.3) is 10.9 Å². The summed E-state index contributed by atoms with van der Waals surface area (Å²) >= 11 is 1.74. The van der Waals surface area contributed by atoms with Crippen molar-refractivity contribution < 1.29 is 19.0 Å². The van der Waals surface area contributed by atoms with Crippen LogP contribution >= 0.6 is 11.8 Å². The lowest BCUT2D eigenvalue weighted by atomic mass is 9.79. The monoisotopic (exact) mass is 514 g/mol. The molecule has 1 N–H and O–H groups in total. The van der Waals surface area contributed by atoms with Gasteiger partial charge in [0.1, 0.15) is 11.9 Å². The van der Waals surface area contributed by atoms with Gasteiger partial charge in [-0.25, -0.2) is 9.37 Å². The first kappa shape index (κ1) is 26.4. The van der Waals surface area contributed by atoms with E-state index in [1.54, 1.807) is 37.3 Å². The average molecular weight is 515 g/mol. The summed E-state index contributed by atoms with van der Waals surface area (Å²) in [5, 5.41) is 11.1. The van der Waals surface area contributed by atoms with Gasteiger partial charge in [0.2, 0.25) is 0 Å². The summed E-state index contributed by atoms with van der Waals surface area (Å²) in [6, 6.07) is 7.30. The van der Waals surface area contributed by atoms with Crippen LogP contribution in [0.1, 0.15) is 43.8 Å². The van der Waals surface area contributed by atoms with Crippen LogP contribution in [0.2, 0.25) is 0 Å². The van der Waals surface area contributed by atoms with Crippen LogP contribution in [-0.4, -0.2) is 63.0 Å². The maximum Gasteiger partial charge on any atom is 0.303 e. The van der Waals surface area contributed by atoms with Crippen molar-refractivity contribution in [2.24, 2.45) is 18.9 Å². The molecule has 194 valence electrons. The number of benzene rings is 1. The number of alkyl halides is 1. The van der Waals surface area contributed by atoms with Gasteiger partial charge in [0, 0.05) is 56.3 Å². The molecular formula is C27H35FN4O3S. The lowest BCUT2D eigenvalue weighted by molar-refractivity contribution is -0.137. The number of rotatable bonds is 12. The average Bonchev–Trinajstić information content (AvgIpc) is 3.30. The Labute approximate surface area is 216 Å². The summed E-state index contributed by atoms with van der Waals surface area (Å²) in [5.41, 5.74) is 1.40. The molecule has 0 amide bonds. The van der Waals surface area contributed by atoms with Crippen molar-refractivity contribution >= 4 is 28.6 Å². The quantitative estimate of drug-likeness (QED) is 0.326. The second-order valence-corrected chi connectivity index (χ2v) is 10.6. The third-order valence-electron chi connectivity index (χ3n) is 7.23. The van der Waals surface area contributed by atoms with Gasteiger partial charge in [0.25, 0.3) is 0 Å². The van der Waals surface area contributed by atoms with Gasteiger partial charge in [-0.1, -0.05) is 11.8 Å². The number of ether oxygens (including phenoxy) is 1. The first-order valence-electron chi connectivity index (χ1n) is 12.6. The molecule has 7 nitrogen and oxygen atoms in total. The van der Waals surface area contributed by atoms with E-state index in [1.807, 2.05) is 36.0 Å². The fraction of sp³-hybridized carbons (Fsp3) is 0.519. The number of aliphatic carboxylic acids is 1. The van der Waals surface area contributed by atoms with Crippen molar-refractivity contribution in [3.8, 4) is 5.75 Å². The molecule has 0 radical (unpaired) electrons. The number of imidazole rings is 1. The number of piperidine rings is 1. The van der Waals surface area contributed by atoms with Crippen LogP contribution in [0, 0.1) is 11.8 Å². The van der Waals surface area contributed by atoms with E-state index in [1.165, 1.54) is 0 Å². The van der Waals surface area contributed by atoms with Gasteiger partial charge in [-0.2, -0.15) is 0 Å². The van der Waals surface area contributed by atoms with E-state index in [0.717, 1.165) is 54.3 Å². The van der Waals surface area contributed by atoms with E-state index >= 15 is 4.39 Å². The summed E-state index contributed by atoms with van der Waals surface area (Å²) in [6.45, 7) is 2.76. The van der Waals surface area contributed by atoms with Gasteiger partial charge in [0.15, 0.2) is 5.16 Å². The zero-order chi connectivity index (χ0) is 25.5. The molecule has 3 atom stereocenters. The molecule has 3 aromatic rings. The molecule has 0 spiro atoms. The van der Waals surface area contributed by atoms with Crippen molar-refractivity contribution in [1.82, 2.24) is 19.4 Å². The molecule has 9 heteroatoms. The minimum Gasteiger partial charge on any atom is -0.497 e. The van der Waals surface area contributed by atoms with Crippen LogP contribution in [-0.2, 0) is 11.8 Å². The number of hydrogen-bond donors (Lipinski definition) is 1. The number of carboxylic acids is 1. The van der Waals surface area contributed by atoms with E-state index < -0.39 is 12.1 Å². The molecule has 1 unspecified atom stereocenters. The van der Waals surface area contributed by atoms with E-state index in [4.69, 9.17) is 4.74 Å². The minimum atomic E-state index is -1.10. The van der Waals surface area contributed by atoms with Gasteiger partial charge in [-0.15, -0.1) is 0 Å². The molecule has 0 aliphatic carbocycles. The van der Waals surface area contributed by atoms with Crippen LogP contribution in [0.3, 0.4) is 0 Å². The van der Waals surface area contributed by atoms with Gasteiger partial charge < -0.3 is 19.3 Å². The number of carbonyl (C=O) groups is 1. The molecule has 3 heterocycles. The SMILES string of the molecule is COc1ccc2nccc(C(F)CC[C@@H]3CCN(CCSc4nccn4C)C[C@@H]3CCC(=O)O)c2c1. The van der Waals surface area contributed by atoms with E-state index in [9.17, 15) is 9.90 Å². The van der Waals surface area contributed by atoms with Crippen LogP contribution in [0.15, 0.2) is 48.0 Å². The van der Waals surface area contributed by atoms with Crippen LogP contribution in [0.5, 0.6) is 5.75 Å². The lowest BCUT2D eigenvalue weighted by Gasteiger charge is -2.39. The van der Waals surface area contributed by atoms with Gasteiger partial charge in [-0.3, -0.25) is 9.78 Å². The molecule has 4 rings (SSSR count). The third kappa shape index (κ3) is 6.76. The normalized spacial score (nSPS) is 19.4. The Balaban J connectivity index is 1.36. The zero-order valence-corrected chi connectivity index (χ0v) is 21.8. The lowest BCUT2D eigenvalue weighted by Crippen LogP contribution is -2.41. The van der Waals surface area contributed by atoms with E-state index in [2.05, 4.69) is 14.9 Å². The van der Waals surface area contributed by atoms with Crippen molar-refractivity contribution in [3.63, 3.8) is 0 Å². The molecule has 36 heavy (non-hydrogen) atoms. The predicted octanol–water partition coefficient (Wildman–Crippen LogP) is 5.36. The van der Waals surface area contributed by atoms with Crippen molar-refractivity contribution in [1.29, 1.82) is 0 Å².